The highest BCUT2D eigenvalue weighted by Crippen LogP contribution is 2.08. The van der Waals surface area contributed by atoms with Crippen LogP contribution < -0.4 is 5.56 Å². The lowest BCUT2D eigenvalue weighted by molar-refractivity contribution is 0.452. The van der Waals surface area contributed by atoms with E-state index in [4.69, 9.17) is 16.0 Å². The van der Waals surface area contributed by atoms with Gasteiger partial charge in [0.2, 0.25) is 5.89 Å². The molecule has 2 heterocycles. The van der Waals surface area contributed by atoms with Gasteiger partial charge >= 0.3 is 0 Å². The summed E-state index contributed by atoms with van der Waals surface area (Å²) in [5, 5.41) is 0.181. The van der Waals surface area contributed by atoms with Crippen LogP contribution in [0.15, 0.2) is 21.6 Å². The molecule has 0 aliphatic heterocycles. The molecule has 0 fully saturated rings. The van der Waals surface area contributed by atoms with Crippen molar-refractivity contribution in [1.82, 2.24) is 14.5 Å². The Balaban J connectivity index is 2.30. The van der Waals surface area contributed by atoms with Gasteiger partial charge in [-0.2, -0.15) is 0 Å². The van der Waals surface area contributed by atoms with Crippen LogP contribution in [0.5, 0.6) is 0 Å². The van der Waals surface area contributed by atoms with Gasteiger partial charge in [-0.05, 0) is 13.8 Å². The lowest BCUT2D eigenvalue weighted by atomic mass is 10.4. The molecule has 0 atom stereocenters. The Morgan fingerprint density at radius 2 is 2.25 bits per heavy atom. The molecule has 0 aliphatic carbocycles. The minimum absolute atomic E-state index is 0.181. The molecule has 2 aromatic heterocycles. The molecule has 5 nitrogen and oxygen atoms in total. The van der Waals surface area contributed by atoms with E-state index in [1.54, 1.807) is 0 Å². The lowest BCUT2D eigenvalue weighted by Gasteiger charge is -2.00. The lowest BCUT2D eigenvalue weighted by Crippen LogP contribution is -2.20. The molecule has 0 unspecified atom stereocenters. The molecule has 0 N–H and O–H groups in total. The van der Waals surface area contributed by atoms with Crippen LogP contribution in [0.2, 0.25) is 5.15 Å². The van der Waals surface area contributed by atoms with Gasteiger partial charge in [0.15, 0.2) is 0 Å². The van der Waals surface area contributed by atoms with E-state index < -0.39 is 0 Å². The Bertz CT molecular complexity index is 554. The predicted molar refractivity (Wildman–Crippen MR) is 58.6 cm³/mol. The Kier molecular flexibility index (Phi) is 2.78. The van der Waals surface area contributed by atoms with Gasteiger partial charge < -0.3 is 4.42 Å². The van der Waals surface area contributed by atoms with Gasteiger partial charge in [0.1, 0.15) is 17.5 Å². The Hall–Kier alpha value is -1.62. The standard InChI is InChI=1S/C10H10ClN3O2/c1-6-7(2)16-9(13-6)4-14-5-12-8(11)3-10(14)15/h3,5H,4H2,1-2H3. The van der Waals surface area contributed by atoms with E-state index in [-0.39, 0.29) is 17.3 Å². The summed E-state index contributed by atoms with van der Waals surface area (Å²) >= 11 is 5.59. The molecule has 2 aromatic rings. The van der Waals surface area contributed by atoms with Crippen LogP contribution in [-0.4, -0.2) is 14.5 Å². The van der Waals surface area contributed by atoms with Gasteiger partial charge in [0.25, 0.3) is 5.56 Å². The number of halogens is 1. The van der Waals surface area contributed by atoms with Gasteiger partial charge in [-0.15, -0.1) is 0 Å². The third kappa shape index (κ3) is 2.14. The van der Waals surface area contributed by atoms with Crippen molar-refractivity contribution in [2.75, 3.05) is 0 Å². The fraction of sp³-hybridized carbons (Fsp3) is 0.300. The molecule has 0 aromatic carbocycles. The average Bonchev–Trinajstić information content (AvgIpc) is 2.51. The van der Waals surface area contributed by atoms with Gasteiger partial charge in [0.05, 0.1) is 12.0 Å². The van der Waals surface area contributed by atoms with E-state index in [0.29, 0.717) is 5.89 Å². The number of hydrogen-bond acceptors (Lipinski definition) is 4. The number of nitrogens with zero attached hydrogens (tertiary/aromatic N) is 3. The molecule has 0 saturated carbocycles. The summed E-state index contributed by atoms with van der Waals surface area (Å²) in [6, 6.07) is 1.25. The van der Waals surface area contributed by atoms with E-state index in [1.165, 1.54) is 17.0 Å². The van der Waals surface area contributed by atoms with E-state index >= 15 is 0 Å². The zero-order chi connectivity index (χ0) is 11.7. The van der Waals surface area contributed by atoms with Gasteiger partial charge in [-0.1, -0.05) is 11.6 Å². The molecule has 0 bridgehead atoms. The molecule has 0 spiro atoms. The van der Waals surface area contributed by atoms with Gasteiger partial charge in [-0.25, -0.2) is 9.97 Å². The van der Waals surface area contributed by atoms with Crippen molar-refractivity contribution >= 4 is 11.6 Å². The van der Waals surface area contributed by atoms with Crippen LogP contribution in [0.25, 0.3) is 0 Å². The Labute approximate surface area is 96.7 Å². The number of hydrogen-bond donors (Lipinski definition) is 0. The first kappa shape index (κ1) is 10.9. The molecule has 0 saturated heterocycles. The summed E-state index contributed by atoms with van der Waals surface area (Å²) in [6.07, 6.45) is 1.37. The van der Waals surface area contributed by atoms with Crippen molar-refractivity contribution < 1.29 is 4.42 Å². The summed E-state index contributed by atoms with van der Waals surface area (Å²) < 4.78 is 6.76. The molecule has 16 heavy (non-hydrogen) atoms. The Morgan fingerprint density at radius 3 is 2.81 bits per heavy atom. The molecular weight excluding hydrogens is 230 g/mol. The third-order valence-corrected chi connectivity index (χ3v) is 2.43. The minimum Gasteiger partial charge on any atom is -0.444 e. The highest BCUT2D eigenvalue weighted by molar-refractivity contribution is 6.29. The van der Waals surface area contributed by atoms with Crippen molar-refractivity contribution in [1.29, 1.82) is 0 Å². The molecule has 0 aliphatic rings. The van der Waals surface area contributed by atoms with Crippen LogP contribution in [0, 0.1) is 13.8 Å². The first-order valence-electron chi connectivity index (χ1n) is 4.71. The average molecular weight is 240 g/mol. The maximum absolute atomic E-state index is 11.5. The van der Waals surface area contributed by atoms with Crippen molar-refractivity contribution in [3.8, 4) is 0 Å². The Morgan fingerprint density at radius 1 is 1.50 bits per heavy atom. The first-order chi connectivity index (χ1) is 7.56. The highest BCUT2D eigenvalue weighted by atomic mass is 35.5. The van der Waals surface area contributed by atoms with Crippen LogP contribution in [0.3, 0.4) is 0 Å². The maximum Gasteiger partial charge on any atom is 0.255 e. The highest BCUT2D eigenvalue weighted by Gasteiger charge is 2.07. The second-order valence-corrected chi connectivity index (χ2v) is 3.81. The second kappa shape index (κ2) is 4.09. The third-order valence-electron chi connectivity index (χ3n) is 2.22. The zero-order valence-electron chi connectivity index (χ0n) is 8.90. The van der Waals surface area contributed by atoms with Crippen molar-refractivity contribution in [2.24, 2.45) is 0 Å². The zero-order valence-corrected chi connectivity index (χ0v) is 9.65. The van der Waals surface area contributed by atoms with Crippen LogP contribution in [0.1, 0.15) is 17.3 Å². The molecule has 6 heteroatoms. The first-order valence-corrected chi connectivity index (χ1v) is 5.09. The van der Waals surface area contributed by atoms with E-state index in [1.807, 2.05) is 13.8 Å². The van der Waals surface area contributed by atoms with Gasteiger partial charge in [-0.3, -0.25) is 9.36 Å². The second-order valence-electron chi connectivity index (χ2n) is 3.43. The SMILES string of the molecule is Cc1nc(Cn2cnc(Cl)cc2=O)oc1C. The fourth-order valence-corrected chi connectivity index (χ4v) is 1.41. The predicted octanol–water partition coefficient (Wildman–Crippen LogP) is 1.55. The van der Waals surface area contributed by atoms with Crippen molar-refractivity contribution in [3.63, 3.8) is 0 Å². The monoisotopic (exact) mass is 239 g/mol. The van der Waals surface area contributed by atoms with Crippen LogP contribution >= 0.6 is 11.6 Å². The number of oxazole rings is 1. The topological polar surface area (TPSA) is 60.9 Å². The largest absolute Gasteiger partial charge is 0.444 e. The van der Waals surface area contributed by atoms with Crippen molar-refractivity contribution in [2.45, 2.75) is 20.4 Å². The number of aromatic nitrogens is 3. The van der Waals surface area contributed by atoms with E-state index in [2.05, 4.69) is 9.97 Å². The fourth-order valence-electron chi connectivity index (χ4n) is 1.28. The molecular formula is C10H10ClN3O2. The molecule has 0 radical (unpaired) electrons. The molecule has 2 rings (SSSR count). The normalized spacial score (nSPS) is 10.7. The summed E-state index contributed by atoms with van der Waals surface area (Å²) in [5.74, 6) is 1.24. The van der Waals surface area contributed by atoms with E-state index in [9.17, 15) is 4.79 Å². The van der Waals surface area contributed by atoms with Gasteiger partial charge in [0, 0.05) is 6.07 Å². The van der Waals surface area contributed by atoms with E-state index in [0.717, 1.165) is 11.5 Å². The minimum atomic E-state index is -0.228. The van der Waals surface area contributed by atoms with Crippen LogP contribution in [0.4, 0.5) is 0 Å². The maximum atomic E-state index is 11.5. The summed E-state index contributed by atoms with van der Waals surface area (Å²) in [5.41, 5.74) is 0.596. The molecule has 0 amide bonds. The number of aryl methyl sites for hydroxylation is 2. The summed E-state index contributed by atoms with van der Waals surface area (Å²) in [4.78, 5) is 19.5. The summed E-state index contributed by atoms with van der Waals surface area (Å²) in [6.45, 7) is 3.94. The van der Waals surface area contributed by atoms with Crippen molar-refractivity contribution in [3.05, 3.63) is 45.2 Å². The molecule has 84 valence electrons. The quantitative estimate of drug-likeness (QED) is 0.746. The van der Waals surface area contributed by atoms with Crippen LogP contribution in [-0.2, 0) is 6.54 Å². The summed E-state index contributed by atoms with van der Waals surface area (Å²) in [7, 11) is 0. The smallest absolute Gasteiger partial charge is 0.255 e. The number of rotatable bonds is 2.